The third-order valence-electron chi connectivity index (χ3n) is 6.23. The van der Waals surface area contributed by atoms with E-state index in [4.69, 9.17) is 0 Å². The minimum Gasteiger partial charge on any atom is -0.271 e. The quantitative estimate of drug-likeness (QED) is 0.684. The number of hydrazine groups is 1. The number of piperidine rings is 1. The van der Waals surface area contributed by atoms with Gasteiger partial charge in [0.05, 0.1) is 5.69 Å². The molecule has 1 aliphatic heterocycles. The molecule has 31 heavy (non-hydrogen) atoms. The number of hydrogen-bond acceptors (Lipinski definition) is 4. The predicted molar refractivity (Wildman–Crippen MR) is 120 cm³/mol. The molecule has 0 saturated carbocycles. The fourth-order valence-corrected chi connectivity index (χ4v) is 5.74. The SMILES string of the molecule is Cn1nc(C=CS(=O)(=O)NN2CCCCC2)c2c1C(Cc1cccc(F)c1)CCCC2. The monoisotopic (exact) mass is 446 g/mol. The number of halogens is 1. The maximum Gasteiger partial charge on any atom is 0.246 e. The molecule has 168 valence electrons. The lowest BCUT2D eigenvalue weighted by molar-refractivity contribution is 0.201. The number of benzene rings is 1. The van der Waals surface area contributed by atoms with Gasteiger partial charge >= 0.3 is 0 Å². The van der Waals surface area contributed by atoms with Crippen molar-refractivity contribution in [3.8, 4) is 0 Å². The van der Waals surface area contributed by atoms with Crippen molar-refractivity contribution in [2.45, 2.75) is 57.3 Å². The van der Waals surface area contributed by atoms with E-state index in [1.807, 2.05) is 17.8 Å². The number of rotatable bonds is 6. The first-order valence-corrected chi connectivity index (χ1v) is 12.7. The van der Waals surface area contributed by atoms with Gasteiger partial charge in [0.1, 0.15) is 5.82 Å². The number of aromatic nitrogens is 2. The Morgan fingerprint density at radius 1 is 1.19 bits per heavy atom. The van der Waals surface area contributed by atoms with Gasteiger partial charge in [-0.15, -0.1) is 4.83 Å². The Labute approximate surface area is 184 Å². The van der Waals surface area contributed by atoms with Gasteiger partial charge in [-0.2, -0.15) is 5.10 Å². The van der Waals surface area contributed by atoms with Crippen molar-refractivity contribution in [3.05, 3.63) is 58.0 Å². The highest BCUT2D eigenvalue weighted by atomic mass is 32.2. The zero-order valence-corrected chi connectivity index (χ0v) is 18.9. The number of nitrogens with one attached hydrogen (secondary N) is 1. The van der Waals surface area contributed by atoms with Crippen LogP contribution >= 0.6 is 0 Å². The average Bonchev–Trinajstić information content (AvgIpc) is 2.90. The van der Waals surface area contributed by atoms with Gasteiger partial charge in [0.15, 0.2) is 0 Å². The van der Waals surface area contributed by atoms with E-state index in [9.17, 15) is 12.8 Å². The summed E-state index contributed by atoms with van der Waals surface area (Å²) in [6.07, 6.45) is 9.55. The van der Waals surface area contributed by atoms with Crippen LogP contribution in [0.15, 0.2) is 29.7 Å². The molecular formula is C23H31FN4O2S. The van der Waals surface area contributed by atoms with Crippen molar-refractivity contribution in [1.82, 2.24) is 19.6 Å². The Balaban J connectivity index is 1.55. The normalized spacial score (nSPS) is 20.6. The van der Waals surface area contributed by atoms with Gasteiger partial charge in [-0.1, -0.05) is 25.0 Å². The lowest BCUT2D eigenvalue weighted by Gasteiger charge is -2.25. The molecule has 1 atom stereocenters. The van der Waals surface area contributed by atoms with Gasteiger partial charge < -0.3 is 0 Å². The minimum atomic E-state index is -3.57. The molecule has 1 aliphatic carbocycles. The molecule has 1 aromatic carbocycles. The third kappa shape index (κ3) is 5.61. The maximum absolute atomic E-state index is 13.7. The van der Waals surface area contributed by atoms with Crippen LogP contribution in [0.1, 0.15) is 67.0 Å². The molecule has 0 radical (unpaired) electrons. The maximum atomic E-state index is 13.7. The zero-order chi connectivity index (χ0) is 21.8. The van der Waals surface area contributed by atoms with Crippen LogP contribution in [0, 0.1) is 5.82 Å². The van der Waals surface area contributed by atoms with E-state index >= 15 is 0 Å². The number of fused-ring (bicyclic) bond motifs is 1. The molecular weight excluding hydrogens is 415 g/mol. The first kappa shape index (κ1) is 22.2. The van der Waals surface area contributed by atoms with E-state index < -0.39 is 10.0 Å². The second-order valence-corrected chi connectivity index (χ2v) is 10.2. The van der Waals surface area contributed by atoms with Crippen LogP contribution in [0.2, 0.25) is 0 Å². The van der Waals surface area contributed by atoms with Gasteiger partial charge in [-0.05, 0) is 62.3 Å². The Morgan fingerprint density at radius 3 is 2.77 bits per heavy atom. The molecule has 2 heterocycles. The predicted octanol–water partition coefficient (Wildman–Crippen LogP) is 3.90. The average molecular weight is 447 g/mol. The molecule has 0 amide bonds. The first-order chi connectivity index (χ1) is 14.9. The van der Waals surface area contributed by atoms with E-state index in [1.165, 1.54) is 11.5 Å². The Morgan fingerprint density at radius 2 is 2.00 bits per heavy atom. The van der Waals surface area contributed by atoms with Gasteiger partial charge in [0.2, 0.25) is 10.0 Å². The standard InChI is InChI=1S/C23H31FN4O2S/c1-27-23-19(16-18-8-7-10-20(24)17-18)9-3-4-11-21(23)22(25-27)12-15-31(29,30)26-28-13-5-2-6-14-28/h7-8,10,12,15,17,19,26H,2-6,9,11,13-14,16H2,1H3. The summed E-state index contributed by atoms with van der Waals surface area (Å²) in [6, 6.07) is 6.78. The summed E-state index contributed by atoms with van der Waals surface area (Å²) in [7, 11) is -1.65. The molecule has 1 fully saturated rings. The van der Waals surface area contributed by atoms with Crippen LogP contribution in [-0.2, 0) is 29.9 Å². The Kier molecular flexibility index (Phi) is 6.89. The molecule has 4 rings (SSSR count). The van der Waals surface area contributed by atoms with Crippen molar-refractivity contribution in [1.29, 1.82) is 0 Å². The Bertz CT molecular complexity index is 1040. The van der Waals surface area contributed by atoms with E-state index in [2.05, 4.69) is 9.93 Å². The molecule has 6 nitrogen and oxygen atoms in total. The topological polar surface area (TPSA) is 67.2 Å². The van der Waals surface area contributed by atoms with Crippen LogP contribution in [0.3, 0.4) is 0 Å². The van der Waals surface area contributed by atoms with Gasteiger partial charge in [0.25, 0.3) is 0 Å². The van der Waals surface area contributed by atoms with Crippen LogP contribution < -0.4 is 4.83 Å². The van der Waals surface area contributed by atoms with Gasteiger partial charge in [0, 0.05) is 42.7 Å². The van der Waals surface area contributed by atoms with Crippen LogP contribution in [0.5, 0.6) is 0 Å². The molecule has 1 N–H and O–H groups in total. The van der Waals surface area contributed by atoms with Crippen LogP contribution in [0.25, 0.3) is 6.08 Å². The van der Waals surface area contributed by atoms with Crippen molar-refractivity contribution < 1.29 is 12.8 Å². The molecule has 0 bridgehead atoms. The second kappa shape index (κ2) is 9.63. The molecule has 2 aliphatic rings. The molecule has 0 spiro atoms. The Hall–Kier alpha value is -2.03. The molecule has 2 aromatic rings. The summed E-state index contributed by atoms with van der Waals surface area (Å²) in [5, 5.41) is 7.65. The minimum absolute atomic E-state index is 0.216. The lowest BCUT2D eigenvalue weighted by Crippen LogP contribution is -2.44. The molecule has 8 heteroatoms. The van der Waals surface area contributed by atoms with Crippen LogP contribution in [0.4, 0.5) is 4.39 Å². The summed E-state index contributed by atoms with van der Waals surface area (Å²) in [6.45, 7) is 1.49. The highest BCUT2D eigenvalue weighted by Gasteiger charge is 2.26. The van der Waals surface area contributed by atoms with Crippen LogP contribution in [-0.4, -0.2) is 36.3 Å². The smallest absolute Gasteiger partial charge is 0.246 e. The number of aryl methyl sites for hydroxylation is 1. The first-order valence-electron chi connectivity index (χ1n) is 11.2. The number of hydrogen-bond donors (Lipinski definition) is 1. The molecule has 1 saturated heterocycles. The summed E-state index contributed by atoms with van der Waals surface area (Å²) in [5.41, 5.74) is 3.95. The summed E-state index contributed by atoms with van der Waals surface area (Å²) < 4.78 is 40.6. The second-order valence-electron chi connectivity index (χ2n) is 8.64. The van der Waals surface area contributed by atoms with E-state index in [0.717, 1.165) is 81.3 Å². The summed E-state index contributed by atoms with van der Waals surface area (Å²) in [4.78, 5) is 2.66. The highest BCUT2D eigenvalue weighted by Crippen LogP contribution is 2.35. The van der Waals surface area contributed by atoms with Crippen molar-refractivity contribution >= 4 is 16.1 Å². The van der Waals surface area contributed by atoms with Crippen molar-refractivity contribution in [2.24, 2.45) is 7.05 Å². The van der Waals surface area contributed by atoms with E-state index in [-0.39, 0.29) is 11.7 Å². The number of nitrogens with zero attached hydrogens (tertiary/aromatic N) is 3. The highest BCUT2D eigenvalue weighted by molar-refractivity contribution is 7.92. The number of sulfonamides is 1. The largest absolute Gasteiger partial charge is 0.271 e. The zero-order valence-electron chi connectivity index (χ0n) is 18.1. The molecule has 1 unspecified atom stereocenters. The third-order valence-corrected chi connectivity index (χ3v) is 7.24. The van der Waals surface area contributed by atoms with E-state index in [0.29, 0.717) is 5.69 Å². The molecule has 1 aromatic heterocycles. The van der Waals surface area contributed by atoms with Gasteiger partial charge in [-0.25, -0.2) is 17.8 Å². The summed E-state index contributed by atoms with van der Waals surface area (Å²) in [5.74, 6) is 0.0217. The lowest BCUT2D eigenvalue weighted by atomic mass is 9.91. The fraction of sp³-hybridized carbons (Fsp3) is 0.522. The van der Waals surface area contributed by atoms with Crippen molar-refractivity contribution in [3.63, 3.8) is 0 Å². The summed E-state index contributed by atoms with van der Waals surface area (Å²) >= 11 is 0. The van der Waals surface area contributed by atoms with E-state index in [1.54, 1.807) is 23.2 Å². The van der Waals surface area contributed by atoms with Crippen molar-refractivity contribution in [2.75, 3.05) is 13.1 Å². The fourth-order valence-electron chi connectivity index (χ4n) is 4.83. The van der Waals surface area contributed by atoms with Gasteiger partial charge in [-0.3, -0.25) is 4.68 Å².